The topological polar surface area (TPSA) is 30.2 Å². The lowest BCUT2D eigenvalue weighted by molar-refractivity contribution is -0.00517. The summed E-state index contributed by atoms with van der Waals surface area (Å²) in [6.07, 6.45) is 9.32. The van der Waals surface area contributed by atoms with Gasteiger partial charge in [-0.2, -0.15) is 0 Å². The van der Waals surface area contributed by atoms with E-state index in [9.17, 15) is 4.79 Å². The molecule has 24 heavy (non-hydrogen) atoms. The molecule has 4 aliphatic rings. The van der Waals surface area contributed by atoms with Crippen LogP contribution in [0.1, 0.15) is 60.2 Å². The minimum atomic E-state index is 0.400. The van der Waals surface area contributed by atoms with Crippen molar-refractivity contribution >= 4 is 6.29 Å². The molecule has 0 aliphatic heterocycles. The average Bonchev–Trinajstić information content (AvgIpc) is 3.02. The molecule has 2 aromatic rings. The Morgan fingerprint density at radius 2 is 1.67 bits per heavy atom. The van der Waals surface area contributed by atoms with Crippen LogP contribution in [0.2, 0.25) is 0 Å². The Balaban J connectivity index is 1.57. The summed E-state index contributed by atoms with van der Waals surface area (Å²) in [7, 11) is 0. The molecule has 4 saturated carbocycles. The zero-order valence-electron chi connectivity index (χ0n) is 14.3. The molecule has 0 unspecified atom stereocenters. The first-order chi connectivity index (χ1) is 11.6. The molecule has 6 rings (SSSR count). The van der Waals surface area contributed by atoms with E-state index in [1.807, 2.05) is 6.07 Å². The van der Waals surface area contributed by atoms with Crippen LogP contribution in [0.5, 0.6) is 0 Å². The molecule has 4 bridgehead atoms. The number of aryl methyl sites for hydroxylation is 1. The average molecular weight is 320 g/mol. The quantitative estimate of drug-likeness (QED) is 0.695. The van der Waals surface area contributed by atoms with Gasteiger partial charge in [-0.15, -0.1) is 0 Å². The molecular formula is C22H24O2. The molecule has 2 heteroatoms. The van der Waals surface area contributed by atoms with Crippen molar-refractivity contribution in [3.05, 3.63) is 47.2 Å². The van der Waals surface area contributed by atoms with E-state index in [0.29, 0.717) is 11.2 Å². The Labute approximate surface area is 143 Å². The van der Waals surface area contributed by atoms with E-state index >= 15 is 0 Å². The molecule has 1 heterocycles. The van der Waals surface area contributed by atoms with E-state index in [-0.39, 0.29) is 0 Å². The molecule has 2 nitrogen and oxygen atoms in total. The van der Waals surface area contributed by atoms with Crippen molar-refractivity contribution in [2.24, 2.45) is 17.8 Å². The van der Waals surface area contributed by atoms with Crippen molar-refractivity contribution in [2.75, 3.05) is 0 Å². The van der Waals surface area contributed by atoms with Gasteiger partial charge in [0.25, 0.3) is 0 Å². The highest BCUT2D eigenvalue weighted by Gasteiger charge is 2.51. The minimum Gasteiger partial charge on any atom is -0.453 e. The maximum Gasteiger partial charge on any atom is 0.185 e. The van der Waals surface area contributed by atoms with Gasteiger partial charge in [-0.3, -0.25) is 4.79 Å². The molecule has 0 saturated heterocycles. The smallest absolute Gasteiger partial charge is 0.185 e. The van der Waals surface area contributed by atoms with Crippen molar-refractivity contribution in [3.8, 4) is 11.3 Å². The van der Waals surface area contributed by atoms with Gasteiger partial charge in [0.2, 0.25) is 0 Å². The van der Waals surface area contributed by atoms with Crippen LogP contribution in [0.3, 0.4) is 0 Å². The highest BCUT2D eigenvalue weighted by Crippen LogP contribution is 2.60. The van der Waals surface area contributed by atoms with E-state index < -0.39 is 0 Å². The molecule has 0 spiro atoms. The van der Waals surface area contributed by atoms with Crippen LogP contribution in [0, 0.1) is 24.7 Å². The van der Waals surface area contributed by atoms with Crippen LogP contribution in [-0.4, -0.2) is 6.29 Å². The summed E-state index contributed by atoms with van der Waals surface area (Å²) in [4.78, 5) is 10.9. The van der Waals surface area contributed by atoms with Gasteiger partial charge in [0.05, 0.1) is 0 Å². The Kier molecular flexibility index (Phi) is 3.07. The fourth-order valence-electron chi connectivity index (χ4n) is 6.24. The van der Waals surface area contributed by atoms with Crippen LogP contribution < -0.4 is 0 Å². The van der Waals surface area contributed by atoms with Crippen molar-refractivity contribution in [2.45, 2.75) is 50.9 Å². The van der Waals surface area contributed by atoms with Crippen LogP contribution in [-0.2, 0) is 5.41 Å². The number of carbonyl (C=O) groups excluding carboxylic acids is 1. The van der Waals surface area contributed by atoms with Crippen molar-refractivity contribution in [1.82, 2.24) is 0 Å². The maximum atomic E-state index is 10.9. The second kappa shape index (κ2) is 5.08. The first kappa shape index (κ1) is 14.5. The molecule has 0 N–H and O–H groups in total. The Bertz CT molecular complexity index is 763. The van der Waals surface area contributed by atoms with E-state index in [2.05, 4.69) is 25.1 Å². The fraction of sp³-hybridized carbons (Fsp3) is 0.500. The van der Waals surface area contributed by atoms with Crippen molar-refractivity contribution < 1.29 is 9.21 Å². The zero-order valence-corrected chi connectivity index (χ0v) is 14.3. The number of hydrogen-bond donors (Lipinski definition) is 0. The number of furan rings is 1. The maximum absolute atomic E-state index is 10.9. The number of hydrogen-bond acceptors (Lipinski definition) is 2. The summed E-state index contributed by atoms with van der Waals surface area (Å²) in [6.45, 7) is 2.13. The van der Waals surface area contributed by atoms with Crippen LogP contribution in [0.25, 0.3) is 11.3 Å². The highest BCUT2D eigenvalue weighted by molar-refractivity contribution is 5.73. The molecule has 1 aromatic carbocycles. The Morgan fingerprint density at radius 3 is 2.25 bits per heavy atom. The van der Waals surface area contributed by atoms with Crippen LogP contribution in [0.15, 0.2) is 34.7 Å². The largest absolute Gasteiger partial charge is 0.453 e. The Hall–Kier alpha value is -1.83. The predicted octanol–water partition coefficient (Wildman–Crippen LogP) is 5.54. The van der Waals surface area contributed by atoms with Crippen molar-refractivity contribution in [1.29, 1.82) is 0 Å². The normalized spacial score (nSPS) is 33.8. The van der Waals surface area contributed by atoms with Gasteiger partial charge in [-0.25, -0.2) is 0 Å². The number of carbonyl (C=O) groups is 1. The summed E-state index contributed by atoms with van der Waals surface area (Å²) in [5.74, 6) is 4.08. The number of aldehydes is 1. The third kappa shape index (κ3) is 2.12. The monoisotopic (exact) mass is 320 g/mol. The second-order valence-corrected chi connectivity index (χ2v) is 8.55. The Morgan fingerprint density at radius 1 is 1.00 bits per heavy atom. The predicted molar refractivity (Wildman–Crippen MR) is 94.1 cm³/mol. The number of rotatable bonds is 3. The first-order valence-electron chi connectivity index (χ1n) is 9.32. The standard InChI is InChI=1S/C22H24O2/c1-14-2-3-18(9-20(14)21-5-4-19(13-23)24-21)22-10-15-6-16(11-22)8-17(7-15)12-22/h2-5,9,13,15-17H,6-8,10-12H2,1H3. The van der Waals surface area contributed by atoms with Crippen LogP contribution >= 0.6 is 0 Å². The molecular weight excluding hydrogens is 296 g/mol. The lowest BCUT2D eigenvalue weighted by Gasteiger charge is -2.57. The summed E-state index contributed by atoms with van der Waals surface area (Å²) in [5, 5.41) is 0. The van der Waals surface area contributed by atoms with Gasteiger partial charge in [-0.1, -0.05) is 12.1 Å². The summed E-state index contributed by atoms with van der Waals surface area (Å²) >= 11 is 0. The van der Waals surface area contributed by atoms with Gasteiger partial charge in [0, 0.05) is 5.56 Å². The molecule has 0 atom stereocenters. The lowest BCUT2D eigenvalue weighted by Crippen LogP contribution is -2.48. The fourth-order valence-corrected chi connectivity index (χ4v) is 6.24. The van der Waals surface area contributed by atoms with E-state index in [1.54, 1.807) is 6.07 Å². The molecule has 4 aliphatic carbocycles. The molecule has 0 radical (unpaired) electrons. The second-order valence-electron chi connectivity index (χ2n) is 8.55. The summed E-state index contributed by atoms with van der Waals surface area (Å²) < 4.78 is 5.71. The number of benzene rings is 1. The van der Waals surface area contributed by atoms with E-state index in [4.69, 9.17) is 4.42 Å². The van der Waals surface area contributed by atoms with Gasteiger partial charge in [0.15, 0.2) is 12.0 Å². The SMILES string of the molecule is Cc1ccc(C23CC4CC(CC(C4)C2)C3)cc1-c1ccc(C=O)o1. The first-order valence-corrected chi connectivity index (χ1v) is 9.32. The molecule has 0 amide bonds. The van der Waals surface area contributed by atoms with Gasteiger partial charge >= 0.3 is 0 Å². The van der Waals surface area contributed by atoms with Gasteiger partial charge in [0.1, 0.15) is 5.76 Å². The lowest BCUT2D eigenvalue weighted by atomic mass is 9.48. The highest BCUT2D eigenvalue weighted by atomic mass is 16.3. The summed E-state index contributed by atoms with van der Waals surface area (Å²) in [6, 6.07) is 10.6. The third-order valence-electron chi connectivity index (χ3n) is 6.90. The van der Waals surface area contributed by atoms with Crippen molar-refractivity contribution in [3.63, 3.8) is 0 Å². The van der Waals surface area contributed by atoms with Gasteiger partial charge < -0.3 is 4.42 Å². The molecule has 124 valence electrons. The summed E-state index contributed by atoms with van der Waals surface area (Å²) in [5.41, 5.74) is 4.27. The third-order valence-corrected chi connectivity index (χ3v) is 6.90. The van der Waals surface area contributed by atoms with E-state index in [1.165, 1.54) is 49.7 Å². The molecule has 1 aromatic heterocycles. The van der Waals surface area contributed by atoms with E-state index in [0.717, 1.165) is 35.4 Å². The minimum absolute atomic E-state index is 0.400. The van der Waals surface area contributed by atoms with Gasteiger partial charge in [-0.05, 0) is 97.9 Å². The molecule has 4 fully saturated rings. The zero-order chi connectivity index (χ0) is 16.3. The van der Waals surface area contributed by atoms with Crippen LogP contribution in [0.4, 0.5) is 0 Å².